The van der Waals surface area contributed by atoms with E-state index in [1.54, 1.807) is 18.2 Å². The van der Waals surface area contributed by atoms with Gasteiger partial charge in [-0.1, -0.05) is 31.0 Å². The molecule has 102 valence electrons. The summed E-state index contributed by atoms with van der Waals surface area (Å²) < 4.78 is 13.3. The van der Waals surface area contributed by atoms with Gasteiger partial charge < -0.3 is 10.6 Å². The number of carbonyl (C=O) groups is 2. The lowest BCUT2D eigenvalue weighted by atomic mass is 10.2. The molecule has 2 rings (SSSR count). The maximum Gasteiger partial charge on any atom is 0.309 e. The maximum atomic E-state index is 13.3. The predicted octanol–water partition coefficient (Wildman–Crippen LogP) is 1.50. The first-order valence-corrected chi connectivity index (χ1v) is 6.49. The van der Waals surface area contributed by atoms with Crippen LogP contribution in [0.25, 0.3) is 0 Å². The fourth-order valence-electron chi connectivity index (χ4n) is 2.22. The third kappa shape index (κ3) is 3.77. The normalized spacial score (nSPS) is 15.2. The molecule has 2 amide bonds. The molecule has 2 N–H and O–H groups in total. The maximum absolute atomic E-state index is 13.3. The van der Waals surface area contributed by atoms with E-state index in [-0.39, 0.29) is 18.4 Å². The molecule has 1 aliphatic carbocycles. The van der Waals surface area contributed by atoms with Crippen LogP contribution in [0.15, 0.2) is 24.3 Å². The third-order valence-electron chi connectivity index (χ3n) is 3.29. The van der Waals surface area contributed by atoms with Gasteiger partial charge in [-0.2, -0.15) is 0 Å². The van der Waals surface area contributed by atoms with Gasteiger partial charge in [0.2, 0.25) is 0 Å². The molecule has 1 saturated carbocycles. The molecular formula is C14H17FN2O2. The second kappa shape index (κ2) is 6.31. The van der Waals surface area contributed by atoms with Crippen molar-refractivity contribution in [3.63, 3.8) is 0 Å². The van der Waals surface area contributed by atoms with E-state index >= 15 is 0 Å². The van der Waals surface area contributed by atoms with E-state index in [0.29, 0.717) is 5.56 Å². The Labute approximate surface area is 111 Å². The molecule has 0 radical (unpaired) electrons. The van der Waals surface area contributed by atoms with Crippen molar-refractivity contribution in [2.75, 3.05) is 0 Å². The lowest BCUT2D eigenvalue weighted by Gasteiger charge is -2.11. The van der Waals surface area contributed by atoms with E-state index in [1.807, 2.05) is 0 Å². The molecule has 0 aromatic heterocycles. The molecule has 0 atom stereocenters. The average Bonchev–Trinajstić information content (AvgIpc) is 2.90. The quantitative estimate of drug-likeness (QED) is 0.813. The molecule has 0 saturated heterocycles. The lowest BCUT2D eigenvalue weighted by Crippen LogP contribution is -2.43. The van der Waals surface area contributed by atoms with Crippen LogP contribution in [0.3, 0.4) is 0 Å². The highest BCUT2D eigenvalue weighted by atomic mass is 19.1. The number of hydrogen-bond acceptors (Lipinski definition) is 2. The molecule has 1 aromatic rings. The number of carbonyl (C=O) groups excluding carboxylic acids is 2. The van der Waals surface area contributed by atoms with Gasteiger partial charge in [-0.15, -0.1) is 0 Å². The van der Waals surface area contributed by atoms with E-state index in [0.717, 1.165) is 25.7 Å². The fourth-order valence-corrected chi connectivity index (χ4v) is 2.22. The van der Waals surface area contributed by atoms with Gasteiger partial charge in [0, 0.05) is 18.2 Å². The zero-order chi connectivity index (χ0) is 13.7. The van der Waals surface area contributed by atoms with Crippen molar-refractivity contribution in [1.82, 2.24) is 10.6 Å². The minimum atomic E-state index is -0.713. The van der Waals surface area contributed by atoms with Crippen LogP contribution in [0, 0.1) is 5.82 Å². The molecule has 0 unspecified atom stereocenters. The number of nitrogens with one attached hydrogen (secondary N) is 2. The Morgan fingerprint density at radius 3 is 2.53 bits per heavy atom. The van der Waals surface area contributed by atoms with Crippen molar-refractivity contribution < 1.29 is 14.0 Å². The van der Waals surface area contributed by atoms with Crippen molar-refractivity contribution in [1.29, 1.82) is 0 Å². The highest BCUT2D eigenvalue weighted by Crippen LogP contribution is 2.17. The van der Waals surface area contributed by atoms with Crippen LogP contribution < -0.4 is 10.6 Å². The summed E-state index contributed by atoms with van der Waals surface area (Å²) in [5, 5.41) is 5.11. The molecule has 19 heavy (non-hydrogen) atoms. The molecule has 0 bridgehead atoms. The highest BCUT2D eigenvalue weighted by Gasteiger charge is 2.21. The molecule has 4 nitrogen and oxygen atoms in total. The van der Waals surface area contributed by atoms with Gasteiger partial charge in [0.15, 0.2) is 0 Å². The van der Waals surface area contributed by atoms with Gasteiger partial charge in [-0.25, -0.2) is 4.39 Å². The SMILES string of the molecule is O=C(NCc1ccccc1F)C(=O)NC1CCCC1. The van der Waals surface area contributed by atoms with Gasteiger partial charge in [-0.05, 0) is 18.9 Å². The van der Waals surface area contributed by atoms with Gasteiger partial charge in [0.25, 0.3) is 0 Å². The number of halogens is 1. The Balaban J connectivity index is 1.80. The van der Waals surface area contributed by atoms with Gasteiger partial charge >= 0.3 is 11.8 Å². The Morgan fingerprint density at radius 1 is 1.16 bits per heavy atom. The van der Waals surface area contributed by atoms with E-state index < -0.39 is 11.8 Å². The molecule has 0 spiro atoms. The second-order valence-electron chi connectivity index (χ2n) is 4.73. The topological polar surface area (TPSA) is 58.2 Å². The van der Waals surface area contributed by atoms with E-state index in [4.69, 9.17) is 0 Å². The van der Waals surface area contributed by atoms with Gasteiger partial charge in [0.1, 0.15) is 5.82 Å². The molecule has 0 aliphatic heterocycles. The van der Waals surface area contributed by atoms with Crippen LogP contribution in [-0.2, 0) is 16.1 Å². The molecular weight excluding hydrogens is 247 g/mol. The molecule has 1 aliphatic rings. The predicted molar refractivity (Wildman–Crippen MR) is 68.6 cm³/mol. The van der Waals surface area contributed by atoms with Crippen molar-refractivity contribution in [2.45, 2.75) is 38.3 Å². The fraction of sp³-hybridized carbons (Fsp3) is 0.429. The number of rotatable bonds is 3. The standard InChI is InChI=1S/C14H17FN2O2/c15-12-8-4-1-5-10(12)9-16-13(18)14(19)17-11-6-2-3-7-11/h1,4-5,8,11H,2-3,6-7,9H2,(H,16,18)(H,17,19). The first kappa shape index (κ1) is 13.5. The molecule has 1 aromatic carbocycles. The van der Waals surface area contributed by atoms with Crippen LogP contribution in [0.5, 0.6) is 0 Å². The third-order valence-corrected chi connectivity index (χ3v) is 3.29. The van der Waals surface area contributed by atoms with Crippen molar-refractivity contribution in [3.05, 3.63) is 35.6 Å². The van der Waals surface area contributed by atoms with Crippen LogP contribution >= 0.6 is 0 Å². The van der Waals surface area contributed by atoms with Crippen LogP contribution in [-0.4, -0.2) is 17.9 Å². The average molecular weight is 264 g/mol. The van der Waals surface area contributed by atoms with Crippen LogP contribution in [0.1, 0.15) is 31.2 Å². The van der Waals surface area contributed by atoms with Crippen molar-refractivity contribution in [3.8, 4) is 0 Å². The van der Waals surface area contributed by atoms with E-state index in [2.05, 4.69) is 10.6 Å². The molecule has 5 heteroatoms. The Kier molecular flexibility index (Phi) is 4.49. The van der Waals surface area contributed by atoms with E-state index in [1.165, 1.54) is 6.07 Å². The molecule has 1 fully saturated rings. The summed E-state index contributed by atoms with van der Waals surface area (Å²) in [6, 6.07) is 6.26. The van der Waals surface area contributed by atoms with Gasteiger partial charge in [0.05, 0.1) is 0 Å². The number of amides is 2. The summed E-state index contributed by atoms with van der Waals surface area (Å²) in [4.78, 5) is 23.2. The summed E-state index contributed by atoms with van der Waals surface area (Å²) in [5.74, 6) is -1.74. The second-order valence-corrected chi connectivity index (χ2v) is 4.73. The Hall–Kier alpha value is -1.91. The molecule has 0 heterocycles. The monoisotopic (exact) mass is 264 g/mol. The van der Waals surface area contributed by atoms with Crippen molar-refractivity contribution in [2.24, 2.45) is 0 Å². The van der Waals surface area contributed by atoms with Gasteiger partial charge in [-0.3, -0.25) is 9.59 Å². The first-order chi connectivity index (χ1) is 9.16. The summed E-state index contributed by atoms with van der Waals surface area (Å²) in [7, 11) is 0. The highest BCUT2D eigenvalue weighted by molar-refractivity contribution is 6.35. The minimum Gasteiger partial charge on any atom is -0.345 e. The summed E-state index contributed by atoms with van der Waals surface area (Å²) >= 11 is 0. The summed E-state index contributed by atoms with van der Waals surface area (Å²) in [5.41, 5.74) is 0.365. The minimum absolute atomic E-state index is 0.0175. The smallest absolute Gasteiger partial charge is 0.309 e. The first-order valence-electron chi connectivity index (χ1n) is 6.49. The van der Waals surface area contributed by atoms with Crippen LogP contribution in [0.2, 0.25) is 0 Å². The Bertz CT molecular complexity index is 470. The van der Waals surface area contributed by atoms with E-state index in [9.17, 15) is 14.0 Å². The Morgan fingerprint density at radius 2 is 1.84 bits per heavy atom. The van der Waals surface area contributed by atoms with Crippen molar-refractivity contribution >= 4 is 11.8 Å². The number of benzene rings is 1. The zero-order valence-corrected chi connectivity index (χ0v) is 10.6. The number of hydrogen-bond donors (Lipinski definition) is 2. The van der Waals surface area contributed by atoms with Crippen LogP contribution in [0.4, 0.5) is 4.39 Å². The summed E-state index contributed by atoms with van der Waals surface area (Å²) in [6.45, 7) is 0.0175. The zero-order valence-electron chi connectivity index (χ0n) is 10.6. The largest absolute Gasteiger partial charge is 0.345 e. The lowest BCUT2D eigenvalue weighted by molar-refractivity contribution is -0.139. The summed E-state index contributed by atoms with van der Waals surface area (Å²) in [6.07, 6.45) is 4.02.